The van der Waals surface area contributed by atoms with E-state index in [1.54, 1.807) is 0 Å². The van der Waals surface area contributed by atoms with E-state index in [1.807, 2.05) is 30.5 Å². The zero-order valence-corrected chi connectivity index (χ0v) is 19.6. The minimum Gasteiger partial charge on any atom is -0.456 e. The molecule has 7 aromatic rings. The van der Waals surface area contributed by atoms with Crippen LogP contribution in [0.2, 0.25) is 0 Å². The van der Waals surface area contributed by atoms with Gasteiger partial charge in [-0.15, -0.1) is 0 Å². The quantitative estimate of drug-likeness (QED) is 0.268. The van der Waals surface area contributed by atoms with Crippen molar-refractivity contribution in [1.82, 2.24) is 4.98 Å². The number of pyridine rings is 1. The molecular weight excluding hydrogens is 430 g/mol. The molecule has 3 aromatic heterocycles. The van der Waals surface area contributed by atoms with Crippen molar-refractivity contribution in [2.75, 3.05) is 0 Å². The monoisotopic (exact) mass is 453 g/mol. The molecule has 0 atom stereocenters. The maximum absolute atomic E-state index is 6.20. The molecule has 4 aromatic carbocycles. The van der Waals surface area contributed by atoms with Gasteiger partial charge in [-0.3, -0.25) is 4.98 Å². The molecule has 0 bridgehead atoms. The highest BCUT2D eigenvalue weighted by Crippen LogP contribution is 2.38. The number of aromatic nitrogens is 1. The van der Waals surface area contributed by atoms with Gasteiger partial charge >= 0.3 is 0 Å². The van der Waals surface area contributed by atoms with Gasteiger partial charge in [-0.25, -0.2) is 0 Å². The summed E-state index contributed by atoms with van der Waals surface area (Å²) in [7, 11) is 0. The van der Waals surface area contributed by atoms with Gasteiger partial charge in [0.2, 0.25) is 0 Å². The second-order valence-corrected chi connectivity index (χ2v) is 9.68. The first-order chi connectivity index (χ1) is 17.1. The zero-order chi connectivity index (χ0) is 23.6. The van der Waals surface area contributed by atoms with Crippen molar-refractivity contribution in [1.29, 1.82) is 0 Å². The number of benzene rings is 4. The van der Waals surface area contributed by atoms with Gasteiger partial charge in [-0.05, 0) is 53.6 Å². The molecule has 168 valence electrons. The van der Waals surface area contributed by atoms with Crippen LogP contribution in [-0.4, -0.2) is 4.98 Å². The van der Waals surface area contributed by atoms with Gasteiger partial charge in [0, 0.05) is 32.5 Å². The summed E-state index contributed by atoms with van der Waals surface area (Å²) in [6, 6.07) is 33.7. The lowest BCUT2D eigenvalue weighted by Crippen LogP contribution is -2.18. The smallest absolute Gasteiger partial charge is 0.153 e. The average Bonchev–Trinajstić information content (AvgIpc) is 3.46. The molecule has 3 heteroatoms. The Morgan fingerprint density at radius 2 is 1.20 bits per heavy atom. The predicted octanol–water partition coefficient (Wildman–Crippen LogP) is 8.87. The minimum atomic E-state index is -0.119. The molecular formula is C32H23NO2. The topological polar surface area (TPSA) is 39.2 Å². The Kier molecular flexibility index (Phi) is 4.19. The van der Waals surface area contributed by atoms with Crippen LogP contribution in [-0.2, 0) is 5.41 Å². The van der Waals surface area contributed by atoms with Gasteiger partial charge in [0.05, 0.1) is 11.9 Å². The largest absolute Gasteiger partial charge is 0.456 e. The summed E-state index contributed by atoms with van der Waals surface area (Å²) in [6.07, 6.45) is 1.82. The highest BCUT2D eigenvalue weighted by molar-refractivity contribution is 6.08. The van der Waals surface area contributed by atoms with Crippen molar-refractivity contribution in [2.45, 2.75) is 19.3 Å². The third kappa shape index (κ3) is 3.08. The van der Waals surface area contributed by atoms with Crippen molar-refractivity contribution in [3.05, 3.63) is 114 Å². The summed E-state index contributed by atoms with van der Waals surface area (Å²) < 4.78 is 12.2. The van der Waals surface area contributed by atoms with Gasteiger partial charge in [0.15, 0.2) is 5.58 Å². The van der Waals surface area contributed by atoms with Crippen LogP contribution in [0.25, 0.3) is 55.1 Å². The van der Waals surface area contributed by atoms with Crippen LogP contribution < -0.4 is 0 Å². The fourth-order valence-electron chi connectivity index (χ4n) is 5.14. The molecule has 0 aliphatic rings. The fraction of sp³-hybridized carbons (Fsp3) is 0.0938. The summed E-state index contributed by atoms with van der Waals surface area (Å²) in [5.41, 5.74) is 7.87. The number of rotatable bonds is 3. The maximum Gasteiger partial charge on any atom is 0.153 e. The predicted molar refractivity (Wildman–Crippen MR) is 143 cm³/mol. The first-order valence-corrected chi connectivity index (χ1v) is 11.9. The number of para-hydroxylation sites is 1. The van der Waals surface area contributed by atoms with Crippen molar-refractivity contribution in [3.63, 3.8) is 0 Å². The molecule has 0 saturated carbocycles. The van der Waals surface area contributed by atoms with E-state index in [2.05, 4.69) is 86.6 Å². The van der Waals surface area contributed by atoms with Crippen LogP contribution in [0.5, 0.6) is 0 Å². The van der Waals surface area contributed by atoms with E-state index in [9.17, 15) is 0 Å². The van der Waals surface area contributed by atoms with E-state index < -0.39 is 0 Å². The van der Waals surface area contributed by atoms with Crippen LogP contribution in [0.4, 0.5) is 0 Å². The Hall–Kier alpha value is -4.37. The van der Waals surface area contributed by atoms with Crippen LogP contribution in [0.15, 0.2) is 112 Å². The first kappa shape index (κ1) is 20.0. The summed E-state index contributed by atoms with van der Waals surface area (Å²) >= 11 is 0. The average molecular weight is 454 g/mol. The van der Waals surface area contributed by atoms with Gasteiger partial charge < -0.3 is 8.83 Å². The van der Waals surface area contributed by atoms with Crippen LogP contribution >= 0.6 is 0 Å². The molecule has 0 radical (unpaired) electrons. The van der Waals surface area contributed by atoms with E-state index >= 15 is 0 Å². The molecule has 0 unspecified atom stereocenters. The highest BCUT2D eigenvalue weighted by Gasteiger charge is 2.24. The molecule has 35 heavy (non-hydrogen) atoms. The Bertz CT molecular complexity index is 1870. The molecule has 0 aliphatic carbocycles. The lowest BCUT2D eigenvalue weighted by Gasteiger charge is -2.26. The zero-order valence-electron chi connectivity index (χ0n) is 19.6. The summed E-state index contributed by atoms with van der Waals surface area (Å²) in [6.45, 7) is 4.54. The number of hydrogen-bond donors (Lipinski definition) is 0. The Balaban J connectivity index is 1.39. The minimum absolute atomic E-state index is 0.119. The standard InChI is InChI=1S/C32H23NO2/c1-32(2,21-8-4-3-5-9-21)22-13-15-30-25(17-22)24-16-20(12-14-29(24)34-30)27-18-26-23-10-6-7-11-28(23)35-31(26)19-33-27/h3-19H,1-2H3. The highest BCUT2D eigenvalue weighted by atomic mass is 16.3. The van der Waals surface area contributed by atoms with Crippen molar-refractivity contribution in [2.24, 2.45) is 0 Å². The molecule has 0 fully saturated rings. The molecule has 0 amide bonds. The second-order valence-electron chi connectivity index (χ2n) is 9.68. The van der Waals surface area contributed by atoms with Gasteiger partial charge in [0.1, 0.15) is 16.7 Å². The number of furan rings is 2. The third-order valence-electron chi connectivity index (χ3n) is 7.25. The van der Waals surface area contributed by atoms with E-state index in [0.29, 0.717) is 0 Å². The van der Waals surface area contributed by atoms with Crippen LogP contribution in [0, 0.1) is 0 Å². The van der Waals surface area contributed by atoms with Gasteiger partial charge in [-0.1, -0.05) is 68.4 Å². The summed E-state index contributed by atoms with van der Waals surface area (Å²) in [5, 5.41) is 4.41. The number of fused-ring (bicyclic) bond motifs is 6. The summed E-state index contributed by atoms with van der Waals surface area (Å²) in [4.78, 5) is 4.72. The Morgan fingerprint density at radius 1 is 0.543 bits per heavy atom. The maximum atomic E-state index is 6.20. The molecule has 3 nitrogen and oxygen atoms in total. The van der Waals surface area contributed by atoms with Crippen molar-refractivity contribution in [3.8, 4) is 11.3 Å². The molecule has 3 heterocycles. The van der Waals surface area contributed by atoms with Crippen LogP contribution in [0.3, 0.4) is 0 Å². The number of hydrogen-bond acceptors (Lipinski definition) is 3. The molecule has 0 N–H and O–H groups in total. The van der Waals surface area contributed by atoms with Crippen LogP contribution in [0.1, 0.15) is 25.0 Å². The molecule has 7 rings (SSSR count). The van der Waals surface area contributed by atoms with E-state index in [4.69, 9.17) is 13.8 Å². The molecule has 0 spiro atoms. The molecule has 0 saturated heterocycles. The SMILES string of the molecule is CC(C)(c1ccccc1)c1ccc2oc3ccc(-c4cc5c(cn4)oc4ccccc45)cc3c2c1. The summed E-state index contributed by atoms with van der Waals surface area (Å²) in [5.74, 6) is 0. The van der Waals surface area contributed by atoms with Gasteiger partial charge in [-0.2, -0.15) is 0 Å². The fourth-order valence-corrected chi connectivity index (χ4v) is 5.14. The normalized spacial score (nSPS) is 12.3. The van der Waals surface area contributed by atoms with Gasteiger partial charge in [0.25, 0.3) is 0 Å². The van der Waals surface area contributed by atoms with E-state index in [-0.39, 0.29) is 5.41 Å². The first-order valence-electron chi connectivity index (χ1n) is 11.9. The van der Waals surface area contributed by atoms with Crippen molar-refractivity contribution >= 4 is 43.9 Å². The Morgan fingerprint density at radius 3 is 2.06 bits per heavy atom. The van der Waals surface area contributed by atoms with E-state index in [1.165, 1.54) is 11.1 Å². The third-order valence-corrected chi connectivity index (χ3v) is 7.25. The second kappa shape index (κ2) is 7.31. The lowest BCUT2D eigenvalue weighted by molar-refractivity contribution is 0.639. The van der Waals surface area contributed by atoms with E-state index in [0.717, 1.165) is 55.1 Å². The Labute approximate surface area is 202 Å². The number of nitrogens with zero attached hydrogens (tertiary/aromatic N) is 1. The lowest BCUT2D eigenvalue weighted by atomic mass is 9.78. The molecule has 0 aliphatic heterocycles. The van der Waals surface area contributed by atoms with Crippen molar-refractivity contribution < 1.29 is 8.83 Å².